The van der Waals surface area contributed by atoms with Crippen LogP contribution >= 0.6 is 0 Å². The fourth-order valence-corrected chi connectivity index (χ4v) is 2.01. The lowest BCUT2D eigenvalue weighted by molar-refractivity contribution is -0.130. The first-order valence-corrected chi connectivity index (χ1v) is 6.33. The molecule has 3 N–H and O–H groups in total. The molecule has 2 rings (SSSR count). The Hall–Kier alpha value is -1.55. The van der Waals surface area contributed by atoms with Crippen molar-refractivity contribution in [3.05, 3.63) is 29.8 Å². The SMILES string of the molecule is CCC(C)(CN)C(=O)NC1COc2ccccc21. The number of nitrogens with one attached hydrogen (secondary N) is 1. The van der Waals surface area contributed by atoms with Gasteiger partial charge in [-0.3, -0.25) is 4.79 Å². The van der Waals surface area contributed by atoms with Crippen LogP contribution in [0.15, 0.2) is 24.3 Å². The number of fused-ring (bicyclic) bond motifs is 1. The van der Waals surface area contributed by atoms with E-state index in [1.54, 1.807) is 0 Å². The zero-order valence-corrected chi connectivity index (χ0v) is 10.9. The summed E-state index contributed by atoms with van der Waals surface area (Å²) in [5.74, 6) is 0.853. The van der Waals surface area contributed by atoms with Gasteiger partial charge >= 0.3 is 0 Å². The zero-order chi connectivity index (χ0) is 13.2. The molecule has 1 heterocycles. The lowest BCUT2D eigenvalue weighted by Gasteiger charge is -2.26. The van der Waals surface area contributed by atoms with Gasteiger partial charge in [0.2, 0.25) is 5.91 Å². The van der Waals surface area contributed by atoms with E-state index < -0.39 is 5.41 Å². The standard InChI is InChI=1S/C14H20N2O2/c1-3-14(2,9-15)13(17)16-11-8-18-12-7-5-4-6-10(11)12/h4-7,11H,3,8-9,15H2,1-2H3,(H,16,17). The van der Waals surface area contributed by atoms with Crippen molar-refractivity contribution in [3.8, 4) is 5.75 Å². The Bertz CT molecular complexity index is 441. The summed E-state index contributed by atoms with van der Waals surface area (Å²) >= 11 is 0. The fraction of sp³-hybridized carbons (Fsp3) is 0.500. The number of hydrogen-bond donors (Lipinski definition) is 2. The molecule has 1 aromatic rings. The molecule has 0 fully saturated rings. The number of carbonyl (C=O) groups excluding carboxylic acids is 1. The Labute approximate surface area is 108 Å². The molecule has 1 aliphatic rings. The fourth-order valence-electron chi connectivity index (χ4n) is 2.01. The summed E-state index contributed by atoms with van der Waals surface area (Å²) in [6.07, 6.45) is 0.727. The van der Waals surface area contributed by atoms with Crippen LogP contribution in [0.5, 0.6) is 5.75 Å². The van der Waals surface area contributed by atoms with Gasteiger partial charge in [0.25, 0.3) is 0 Å². The van der Waals surface area contributed by atoms with Crippen LogP contribution in [0.25, 0.3) is 0 Å². The monoisotopic (exact) mass is 248 g/mol. The average molecular weight is 248 g/mol. The molecule has 0 bridgehead atoms. The Morgan fingerprint density at radius 1 is 1.56 bits per heavy atom. The number of amides is 1. The number of hydrogen-bond acceptors (Lipinski definition) is 3. The molecule has 0 spiro atoms. The van der Waals surface area contributed by atoms with Gasteiger partial charge in [-0.25, -0.2) is 0 Å². The Balaban J connectivity index is 2.10. The molecular weight excluding hydrogens is 228 g/mol. The highest BCUT2D eigenvalue weighted by Gasteiger charge is 2.33. The van der Waals surface area contributed by atoms with Crippen LogP contribution in [0.2, 0.25) is 0 Å². The van der Waals surface area contributed by atoms with Gasteiger partial charge in [-0.2, -0.15) is 0 Å². The van der Waals surface area contributed by atoms with E-state index >= 15 is 0 Å². The molecule has 18 heavy (non-hydrogen) atoms. The Morgan fingerprint density at radius 2 is 2.28 bits per heavy atom. The van der Waals surface area contributed by atoms with Crippen LogP contribution in [0.3, 0.4) is 0 Å². The van der Waals surface area contributed by atoms with E-state index in [0.717, 1.165) is 17.7 Å². The van der Waals surface area contributed by atoms with E-state index in [4.69, 9.17) is 10.5 Å². The van der Waals surface area contributed by atoms with Gasteiger partial charge in [0.05, 0.1) is 11.5 Å². The molecular formula is C14H20N2O2. The molecule has 0 saturated carbocycles. The first kappa shape index (κ1) is 12.9. The van der Waals surface area contributed by atoms with Crippen molar-refractivity contribution in [3.63, 3.8) is 0 Å². The van der Waals surface area contributed by atoms with Crippen LogP contribution in [0.1, 0.15) is 31.9 Å². The molecule has 4 nitrogen and oxygen atoms in total. The lowest BCUT2D eigenvalue weighted by atomic mass is 9.86. The summed E-state index contributed by atoms with van der Waals surface area (Å²) in [6.45, 7) is 4.72. The van der Waals surface area contributed by atoms with Crippen LogP contribution in [-0.4, -0.2) is 19.1 Å². The summed E-state index contributed by atoms with van der Waals surface area (Å²) in [6, 6.07) is 7.72. The maximum atomic E-state index is 12.2. The van der Waals surface area contributed by atoms with Gasteiger partial charge in [0, 0.05) is 12.1 Å². The van der Waals surface area contributed by atoms with Crippen molar-refractivity contribution in [2.75, 3.05) is 13.2 Å². The number of rotatable bonds is 4. The number of para-hydroxylation sites is 1. The first-order chi connectivity index (χ1) is 8.60. The maximum absolute atomic E-state index is 12.2. The predicted octanol–water partition coefficient (Wildman–Crippen LogP) is 1.61. The highest BCUT2D eigenvalue weighted by atomic mass is 16.5. The van der Waals surface area contributed by atoms with E-state index in [1.165, 1.54) is 0 Å². The van der Waals surface area contributed by atoms with Gasteiger partial charge < -0.3 is 15.8 Å². The molecule has 1 aromatic carbocycles. The minimum atomic E-state index is -0.502. The van der Waals surface area contributed by atoms with E-state index in [2.05, 4.69) is 5.32 Å². The van der Waals surface area contributed by atoms with Gasteiger partial charge in [0.15, 0.2) is 0 Å². The van der Waals surface area contributed by atoms with Crippen molar-refractivity contribution in [2.24, 2.45) is 11.1 Å². The second-order valence-corrected chi connectivity index (χ2v) is 4.99. The molecule has 2 atom stereocenters. The summed E-state index contributed by atoms with van der Waals surface area (Å²) in [7, 11) is 0. The predicted molar refractivity (Wildman–Crippen MR) is 70.3 cm³/mol. The number of carbonyl (C=O) groups is 1. The third kappa shape index (κ3) is 2.20. The highest BCUT2D eigenvalue weighted by molar-refractivity contribution is 5.83. The largest absolute Gasteiger partial charge is 0.491 e. The van der Waals surface area contributed by atoms with E-state index in [1.807, 2.05) is 38.1 Å². The Morgan fingerprint density at radius 3 is 2.94 bits per heavy atom. The third-order valence-electron chi connectivity index (χ3n) is 3.78. The second kappa shape index (κ2) is 4.98. The van der Waals surface area contributed by atoms with E-state index in [9.17, 15) is 4.79 Å². The summed E-state index contributed by atoms with van der Waals surface area (Å²) < 4.78 is 5.55. The van der Waals surface area contributed by atoms with Crippen LogP contribution in [0.4, 0.5) is 0 Å². The normalized spacial score (nSPS) is 20.7. The van der Waals surface area contributed by atoms with Gasteiger partial charge in [0.1, 0.15) is 12.4 Å². The quantitative estimate of drug-likeness (QED) is 0.851. The molecule has 98 valence electrons. The summed E-state index contributed by atoms with van der Waals surface area (Å²) in [5, 5.41) is 3.03. The van der Waals surface area contributed by atoms with Crippen LogP contribution in [-0.2, 0) is 4.79 Å². The topological polar surface area (TPSA) is 64.4 Å². The van der Waals surface area contributed by atoms with Crippen molar-refractivity contribution < 1.29 is 9.53 Å². The molecule has 1 aliphatic heterocycles. The van der Waals surface area contributed by atoms with Gasteiger partial charge in [-0.15, -0.1) is 0 Å². The average Bonchev–Trinajstić information content (AvgIpc) is 2.81. The van der Waals surface area contributed by atoms with E-state index in [-0.39, 0.29) is 11.9 Å². The maximum Gasteiger partial charge on any atom is 0.227 e. The smallest absolute Gasteiger partial charge is 0.227 e. The minimum Gasteiger partial charge on any atom is -0.491 e. The van der Waals surface area contributed by atoms with Crippen molar-refractivity contribution in [1.82, 2.24) is 5.32 Å². The molecule has 0 aromatic heterocycles. The lowest BCUT2D eigenvalue weighted by Crippen LogP contribution is -2.45. The zero-order valence-electron chi connectivity index (χ0n) is 10.9. The van der Waals surface area contributed by atoms with Crippen LogP contribution in [0, 0.1) is 5.41 Å². The molecule has 0 aliphatic carbocycles. The summed E-state index contributed by atoms with van der Waals surface area (Å²) in [4.78, 5) is 12.2. The van der Waals surface area contributed by atoms with Crippen LogP contribution < -0.4 is 15.8 Å². The molecule has 0 saturated heterocycles. The second-order valence-electron chi connectivity index (χ2n) is 4.99. The van der Waals surface area contributed by atoms with Gasteiger partial charge in [-0.1, -0.05) is 25.1 Å². The van der Waals surface area contributed by atoms with Crippen molar-refractivity contribution >= 4 is 5.91 Å². The molecule has 4 heteroatoms. The van der Waals surface area contributed by atoms with Gasteiger partial charge in [-0.05, 0) is 19.4 Å². The highest BCUT2D eigenvalue weighted by Crippen LogP contribution is 2.32. The third-order valence-corrected chi connectivity index (χ3v) is 3.78. The van der Waals surface area contributed by atoms with E-state index in [0.29, 0.717) is 13.2 Å². The minimum absolute atomic E-state index is 0.00203. The molecule has 0 radical (unpaired) electrons. The van der Waals surface area contributed by atoms with Crippen molar-refractivity contribution in [2.45, 2.75) is 26.3 Å². The molecule has 2 unspecified atom stereocenters. The number of benzene rings is 1. The first-order valence-electron chi connectivity index (χ1n) is 6.33. The molecule has 1 amide bonds. The Kier molecular flexibility index (Phi) is 3.57. The summed E-state index contributed by atoms with van der Waals surface area (Å²) in [5.41, 5.74) is 6.24. The number of ether oxygens (including phenoxy) is 1. The van der Waals surface area contributed by atoms with Crippen molar-refractivity contribution in [1.29, 1.82) is 0 Å². The number of nitrogens with two attached hydrogens (primary N) is 1.